The number of pyridine rings is 1. The van der Waals surface area contributed by atoms with Crippen molar-refractivity contribution >= 4 is 16.9 Å². The molecule has 0 amide bonds. The highest BCUT2D eigenvalue weighted by Gasteiger charge is 2.60. The Bertz CT molecular complexity index is 1860. The Kier molecular flexibility index (Phi) is 7.56. The Morgan fingerprint density at radius 2 is 1.76 bits per heavy atom. The molecule has 0 radical (unpaired) electrons. The lowest BCUT2D eigenvalue weighted by Crippen LogP contribution is -2.13. The molecule has 8 heteroatoms. The molecule has 3 heterocycles. The largest absolute Gasteiger partial charge is 0.466 e. The number of aliphatic hydroxyl groups is 1. The number of benzene rings is 2. The maximum absolute atomic E-state index is 12.2. The lowest BCUT2D eigenvalue weighted by Gasteiger charge is -2.16. The first-order chi connectivity index (χ1) is 21.7. The highest BCUT2D eigenvalue weighted by Crippen LogP contribution is 2.62. The first kappa shape index (κ1) is 29.4. The second kappa shape index (κ2) is 11.6. The van der Waals surface area contributed by atoms with Crippen molar-refractivity contribution in [2.75, 3.05) is 6.61 Å². The smallest absolute Gasteiger partial charge is 0.309 e. The lowest BCUT2D eigenvalue weighted by molar-refractivity contribution is -0.145. The number of rotatable bonds is 9. The Hall–Kier alpha value is -4.30. The van der Waals surface area contributed by atoms with Crippen LogP contribution in [0.25, 0.3) is 27.8 Å². The fourth-order valence-electron chi connectivity index (χ4n) is 7.68. The summed E-state index contributed by atoms with van der Waals surface area (Å²) in [5.74, 6) is 1.58. The fourth-order valence-corrected chi connectivity index (χ4v) is 7.68. The van der Waals surface area contributed by atoms with Gasteiger partial charge in [0.1, 0.15) is 0 Å². The normalized spacial score (nSPS) is 21.3. The Labute approximate surface area is 264 Å². The van der Waals surface area contributed by atoms with Crippen LogP contribution in [0.15, 0.2) is 66.9 Å². The number of carbonyl (C=O) groups excluding carboxylic acids is 1. The van der Waals surface area contributed by atoms with E-state index in [1.54, 1.807) is 0 Å². The van der Waals surface area contributed by atoms with Crippen molar-refractivity contribution in [2.24, 2.45) is 17.8 Å². The van der Waals surface area contributed by atoms with E-state index in [2.05, 4.69) is 45.9 Å². The second-order valence-electron chi connectivity index (χ2n) is 13.0. The molecule has 2 unspecified atom stereocenters. The molecule has 232 valence electrons. The highest BCUT2D eigenvalue weighted by atomic mass is 16.5. The molecule has 5 aromatic rings. The molecule has 2 aliphatic carbocycles. The third kappa shape index (κ3) is 5.25. The Morgan fingerprint density at radius 3 is 2.44 bits per heavy atom. The molecule has 0 aliphatic heterocycles. The molecule has 2 fully saturated rings. The van der Waals surface area contributed by atoms with Crippen molar-refractivity contribution in [1.82, 2.24) is 24.5 Å². The van der Waals surface area contributed by atoms with Crippen molar-refractivity contribution in [3.8, 4) is 16.9 Å². The quantitative estimate of drug-likeness (QED) is 0.181. The molecule has 0 bridgehead atoms. The third-order valence-electron chi connectivity index (χ3n) is 9.87. The van der Waals surface area contributed by atoms with Crippen LogP contribution in [0.1, 0.15) is 79.8 Å². The van der Waals surface area contributed by atoms with E-state index in [1.165, 1.54) is 5.56 Å². The summed E-state index contributed by atoms with van der Waals surface area (Å²) >= 11 is 0. The molecule has 2 saturated carbocycles. The van der Waals surface area contributed by atoms with Crippen molar-refractivity contribution in [2.45, 2.75) is 71.9 Å². The molecule has 0 saturated heterocycles. The van der Waals surface area contributed by atoms with E-state index < -0.39 is 6.10 Å². The zero-order chi connectivity index (χ0) is 31.4. The van der Waals surface area contributed by atoms with E-state index in [9.17, 15) is 9.90 Å². The summed E-state index contributed by atoms with van der Waals surface area (Å²) in [6, 6.07) is 20.2. The summed E-state index contributed by atoms with van der Waals surface area (Å²) in [7, 11) is 0. The second-order valence-corrected chi connectivity index (χ2v) is 13.0. The van der Waals surface area contributed by atoms with Gasteiger partial charge in [0.25, 0.3) is 0 Å². The van der Waals surface area contributed by atoms with Crippen LogP contribution in [0.3, 0.4) is 0 Å². The van der Waals surface area contributed by atoms with Gasteiger partial charge in [-0.2, -0.15) is 10.2 Å². The summed E-state index contributed by atoms with van der Waals surface area (Å²) in [5, 5.41) is 21.9. The molecule has 3 atom stereocenters. The van der Waals surface area contributed by atoms with E-state index in [0.29, 0.717) is 30.9 Å². The highest BCUT2D eigenvalue weighted by molar-refractivity contribution is 5.94. The number of aliphatic hydroxyl groups excluding tert-OH is 1. The summed E-state index contributed by atoms with van der Waals surface area (Å²) in [6.45, 7) is 11.3. The molecule has 45 heavy (non-hydrogen) atoms. The maximum atomic E-state index is 12.2. The van der Waals surface area contributed by atoms with Crippen LogP contribution in [-0.4, -0.2) is 42.2 Å². The third-order valence-corrected chi connectivity index (χ3v) is 9.87. The number of hydrogen-bond acceptors (Lipinski definition) is 6. The summed E-state index contributed by atoms with van der Waals surface area (Å²) in [6.07, 6.45) is 3.38. The number of fused-ring (bicyclic) bond motifs is 2. The first-order valence-corrected chi connectivity index (χ1v) is 16.2. The molecule has 0 spiro atoms. The molecule has 2 aromatic carbocycles. The van der Waals surface area contributed by atoms with Gasteiger partial charge in [-0.25, -0.2) is 4.68 Å². The van der Waals surface area contributed by atoms with Crippen LogP contribution in [0, 0.1) is 31.6 Å². The molecular weight excluding hydrogens is 562 g/mol. The van der Waals surface area contributed by atoms with Crippen molar-refractivity contribution in [1.29, 1.82) is 0 Å². The Morgan fingerprint density at radius 1 is 1.00 bits per heavy atom. The van der Waals surface area contributed by atoms with E-state index in [0.717, 1.165) is 63.3 Å². The molecule has 3 aromatic heterocycles. The van der Waals surface area contributed by atoms with Crippen LogP contribution >= 0.6 is 0 Å². The molecular formula is C37H41N5O3. The molecule has 2 aliphatic rings. The molecule has 1 N–H and O–H groups in total. The van der Waals surface area contributed by atoms with Crippen LogP contribution in [0.2, 0.25) is 0 Å². The average molecular weight is 604 g/mol. The average Bonchev–Trinajstić information content (AvgIpc) is 3.34. The van der Waals surface area contributed by atoms with Gasteiger partial charge < -0.3 is 9.84 Å². The topological polar surface area (TPSA) is 95.1 Å². The van der Waals surface area contributed by atoms with Gasteiger partial charge in [-0.3, -0.25) is 14.5 Å². The summed E-state index contributed by atoms with van der Waals surface area (Å²) in [4.78, 5) is 17.3. The monoisotopic (exact) mass is 603 g/mol. The number of ether oxygens (including phenoxy) is 1. The Balaban J connectivity index is 1.18. The van der Waals surface area contributed by atoms with E-state index >= 15 is 0 Å². The van der Waals surface area contributed by atoms with Gasteiger partial charge in [-0.05, 0) is 75.1 Å². The van der Waals surface area contributed by atoms with Gasteiger partial charge in [0.15, 0.2) is 0 Å². The van der Waals surface area contributed by atoms with Gasteiger partial charge in [-0.15, -0.1) is 0 Å². The van der Waals surface area contributed by atoms with E-state index in [1.807, 2.05) is 64.9 Å². The van der Waals surface area contributed by atoms with Gasteiger partial charge in [-0.1, -0.05) is 56.3 Å². The van der Waals surface area contributed by atoms with Crippen molar-refractivity contribution in [3.63, 3.8) is 0 Å². The lowest BCUT2D eigenvalue weighted by atomic mass is 9.95. The van der Waals surface area contributed by atoms with Gasteiger partial charge >= 0.3 is 5.97 Å². The first-order valence-electron chi connectivity index (χ1n) is 16.2. The summed E-state index contributed by atoms with van der Waals surface area (Å²) < 4.78 is 9.15. The standard InChI is InChI=1S/C37H41N5O3/c1-6-45-37(44)35-27-17-25(18-28(27)35)30-15-16-32(22(4)38-30)42-23(5)34(21(2)3)36(40-42)26-13-10-14-31-29(26)19-41(39-31)20-33(43)24-11-8-7-9-12-24/h7-16,19,21,25,27-28,33,35,43H,6,17-18,20H2,1-5H3/t25?,27?,28?,33-,35?/m0/s1. The number of aryl methyl sites for hydroxylation is 1. The SMILES string of the molecule is CCOC(=O)C1C2CC(c3ccc(-n4nc(-c5cccc6nn(C[C@H](O)c7ccccc7)cc56)c(C(C)C)c4C)c(C)n3)CC21. The minimum absolute atomic E-state index is 0.0239. The van der Waals surface area contributed by atoms with Crippen molar-refractivity contribution < 1.29 is 14.6 Å². The predicted octanol–water partition coefficient (Wildman–Crippen LogP) is 7.06. The predicted molar refractivity (Wildman–Crippen MR) is 174 cm³/mol. The zero-order valence-corrected chi connectivity index (χ0v) is 26.6. The van der Waals surface area contributed by atoms with Crippen LogP contribution in [0.4, 0.5) is 0 Å². The number of aromatic nitrogens is 5. The summed E-state index contributed by atoms with van der Waals surface area (Å²) in [5.41, 5.74) is 9.04. The van der Waals surface area contributed by atoms with Crippen LogP contribution in [-0.2, 0) is 16.1 Å². The fraction of sp³-hybridized carbons (Fsp3) is 0.405. The zero-order valence-electron chi connectivity index (χ0n) is 26.6. The van der Waals surface area contributed by atoms with Crippen LogP contribution < -0.4 is 0 Å². The number of hydrogen-bond donors (Lipinski definition) is 1. The minimum atomic E-state index is -0.649. The molecule has 7 rings (SSSR count). The minimum Gasteiger partial charge on any atom is -0.466 e. The number of carbonyl (C=O) groups is 1. The van der Waals surface area contributed by atoms with Gasteiger partial charge in [0.05, 0.1) is 47.8 Å². The van der Waals surface area contributed by atoms with Gasteiger partial charge in [0.2, 0.25) is 0 Å². The molecule has 8 nitrogen and oxygen atoms in total. The van der Waals surface area contributed by atoms with Crippen molar-refractivity contribution in [3.05, 3.63) is 95.1 Å². The van der Waals surface area contributed by atoms with Gasteiger partial charge in [0, 0.05) is 40.0 Å². The van der Waals surface area contributed by atoms with E-state index in [-0.39, 0.29) is 17.8 Å². The van der Waals surface area contributed by atoms with Crippen LogP contribution in [0.5, 0.6) is 0 Å². The van der Waals surface area contributed by atoms with E-state index in [4.69, 9.17) is 19.9 Å². The number of nitrogens with zero attached hydrogens (tertiary/aromatic N) is 5. The number of esters is 1. The maximum Gasteiger partial charge on any atom is 0.309 e.